The summed E-state index contributed by atoms with van der Waals surface area (Å²) in [4.78, 5) is 14.4. The van der Waals surface area contributed by atoms with Crippen molar-refractivity contribution >= 4 is 6.29 Å². The van der Waals surface area contributed by atoms with E-state index in [0.29, 0.717) is 6.42 Å². The van der Waals surface area contributed by atoms with Gasteiger partial charge in [-0.25, -0.2) is 0 Å². The second-order valence-corrected chi connectivity index (χ2v) is 2.60. The number of nitrogens with one attached hydrogen (secondary N) is 1. The number of likely N-dealkylation sites (N-methyl/N-ethyl adjacent to an activating group) is 1. The minimum atomic E-state index is -0.103. The number of hydrogen-bond donors (Lipinski definition) is 1. The highest BCUT2D eigenvalue weighted by atomic mass is 16.1. The average molecular weight is 164 g/mol. The second-order valence-electron chi connectivity index (χ2n) is 2.60. The number of carbonyl (C=O) groups excluding carboxylic acids is 1. The normalized spacial score (nSPS) is 12.4. The molecular weight excluding hydrogens is 152 g/mol. The van der Waals surface area contributed by atoms with E-state index >= 15 is 0 Å². The molecule has 0 aliphatic heterocycles. The fourth-order valence-corrected chi connectivity index (χ4v) is 0.991. The Morgan fingerprint density at radius 2 is 2.58 bits per heavy atom. The molecule has 0 spiro atoms. The Hall–Kier alpha value is -1.22. The van der Waals surface area contributed by atoms with E-state index in [0.717, 1.165) is 11.8 Å². The van der Waals surface area contributed by atoms with Crippen LogP contribution in [0.1, 0.15) is 5.56 Å². The van der Waals surface area contributed by atoms with Gasteiger partial charge in [0, 0.05) is 12.4 Å². The fraction of sp³-hybridized carbons (Fsp3) is 0.333. The smallest absolute Gasteiger partial charge is 0.137 e. The third-order valence-electron chi connectivity index (χ3n) is 1.71. The fourth-order valence-electron chi connectivity index (χ4n) is 0.991. The Morgan fingerprint density at radius 3 is 3.08 bits per heavy atom. The van der Waals surface area contributed by atoms with E-state index < -0.39 is 0 Å². The molecule has 1 rings (SSSR count). The molecule has 0 aromatic carbocycles. The monoisotopic (exact) mass is 164 g/mol. The molecule has 0 bridgehead atoms. The standard InChI is InChI=1S/C9H12N2O/c1-10-9(7-12)5-8-3-2-4-11-6-8/h2-4,6-7,9-10H,5H2,1H3. The molecule has 1 atom stereocenters. The molecule has 0 aliphatic rings. The van der Waals surface area contributed by atoms with Crippen molar-refractivity contribution in [3.63, 3.8) is 0 Å². The summed E-state index contributed by atoms with van der Waals surface area (Å²) in [6.45, 7) is 0. The number of rotatable bonds is 4. The van der Waals surface area contributed by atoms with Crippen molar-refractivity contribution in [3.8, 4) is 0 Å². The lowest BCUT2D eigenvalue weighted by Gasteiger charge is -2.07. The van der Waals surface area contributed by atoms with E-state index in [4.69, 9.17) is 0 Å². The zero-order valence-corrected chi connectivity index (χ0v) is 7.03. The van der Waals surface area contributed by atoms with Gasteiger partial charge in [0.2, 0.25) is 0 Å². The van der Waals surface area contributed by atoms with Gasteiger partial charge in [0.1, 0.15) is 6.29 Å². The maximum atomic E-state index is 10.5. The van der Waals surface area contributed by atoms with Crippen LogP contribution < -0.4 is 5.32 Å². The van der Waals surface area contributed by atoms with Gasteiger partial charge in [-0.2, -0.15) is 0 Å². The first-order valence-corrected chi connectivity index (χ1v) is 3.88. The van der Waals surface area contributed by atoms with Crippen molar-refractivity contribution in [1.82, 2.24) is 10.3 Å². The van der Waals surface area contributed by atoms with E-state index in [1.807, 2.05) is 12.1 Å². The average Bonchev–Trinajstić information content (AvgIpc) is 2.16. The topological polar surface area (TPSA) is 42.0 Å². The van der Waals surface area contributed by atoms with Crippen molar-refractivity contribution in [2.24, 2.45) is 0 Å². The summed E-state index contributed by atoms with van der Waals surface area (Å²) in [5, 5.41) is 2.90. The molecule has 1 unspecified atom stereocenters. The lowest BCUT2D eigenvalue weighted by Crippen LogP contribution is -2.28. The third-order valence-corrected chi connectivity index (χ3v) is 1.71. The van der Waals surface area contributed by atoms with Gasteiger partial charge < -0.3 is 10.1 Å². The van der Waals surface area contributed by atoms with Crippen LogP contribution >= 0.6 is 0 Å². The highest BCUT2D eigenvalue weighted by Crippen LogP contribution is 1.98. The SMILES string of the molecule is CNC(C=O)Cc1cccnc1. The quantitative estimate of drug-likeness (QED) is 0.655. The highest BCUT2D eigenvalue weighted by Gasteiger charge is 2.03. The van der Waals surface area contributed by atoms with Gasteiger partial charge in [0.15, 0.2) is 0 Å². The van der Waals surface area contributed by atoms with Crippen LogP contribution in [0.5, 0.6) is 0 Å². The van der Waals surface area contributed by atoms with Crippen molar-refractivity contribution in [1.29, 1.82) is 0 Å². The minimum absolute atomic E-state index is 0.103. The van der Waals surface area contributed by atoms with Crippen molar-refractivity contribution in [3.05, 3.63) is 30.1 Å². The van der Waals surface area contributed by atoms with Crippen molar-refractivity contribution in [2.45, 2.75) is 12.5 Å². The first kappa shape index (κ1) is 8.87. The Kier molecular flexibility index (Phi) is 3.41. The molecule has 0 saturated carbocycles. The number of hydrogen-bond acceptors (Lipinski definition) is 3. The highest BCUT2D eigenvalue weighted by molar-refractivity contribution is 5.58. The molecule has 0 saturated heterocycles. The van der Waals surface area contributed by atoms with Gasteiger partial charge >= 0.3 is 0 Å². The number of carbonyl (C=O) groups is 1. The zero-order valence-electron chi connectivity index (χ0n) is 7.03. The van der Waals surface area contributed by atoms with Crippen LogP contribution in [0.15, 0.2) is 24.5 Å². The lowest BCUT2D eigenvalue weighted by atomic mass is 10.1. The van der Waals surface area contributed by atoms with Gasteiger partial charge in [0.05, 0.1) is 6.04 Å². The van der Waals surface area contributed by atoms with Crippen LogP contribution in [0.3, 0.4) is 0 Å². The predicted molar refractivity (Wildman–Crippen MR) is 46.9 cm³/mol. The predicted octanol–water partition coefficient (Wildman–Crippen LogP) is 0.411. The summed E-state index contributed by atoms with van der Waals surface area (Å²) in [7, 11) is 1.77. The number of nitrogens with zero attached hydrogens (tertiary/aromatic N) is 1. The molecule has 1 aromatic heterocycles. The van der Waals surface area contributed by atoms with Crippen LogP contribution in [-0.4, -0.2) is 24.4 Å². The van der Waals surface area contributed by atoms with E-state index in [1.165, 1.54) is 0 Å². The molecule has 3 heteroatoms. The van der Waals surface area contributed by atoms with Crippen LogP contribution in [0.25, 0.3) is 0 Å². The summed E-state index contributed by atoms with van der Waals surface area (Å²) in [6.07, 6.45) is 5.10. The Bertz CT molecular complexity index is 236. The van der Waals surface area contributed by atoms with Crippen molar-refractivity contribution in [2.75, 3.05) is 7.05 Å². The van der Waals surface area contributed by atoms with E-state index in [1.54, 1.807) is 19.4 Å². The molecule has 1 N–H and O–H groups in total. The molecule has 1 heterocycles. The summed E-state index contributed by atoms with van der Waals surface area (Å²) in [6, 6.07) is 3.72. The molecule has 0 amide bonds. The molecule has 64 valence electrons. The summed E-state index contributed by atoms with van der Waals surface area (Å²) in [5.74, 6) is 0. The molecular formula is C9H12N2O. The number of aromatic nitrogens is 1. The summed E-state index contributed by atoms with van der Waals surface area (Å²) < 4.78 is 0. The second kappa shape index (κ2) is 4.62. The van der Waals surface area contributed by atoms with E-state index in [9.17, 15) is 4.79 Å². The minimum Gasteiger partial charge on any atom is -0.311 e. The maximum absolute atomic E-state index is 10.5. The van der Waals surface area contributed by atoms with Crippen LogP contribution in [0.2, 0.25) is 0 Å². The first-order chi connectivity index (χ1) is 5.86. The Balaban J connectivity index is 2.56. The van der Waals surface area contributed by atoms with Crippen LogP contribution in [-0.2, 0) is 11.2 Å². The van der Waals surface area contributed by atoms with Gasteiger partial charge in [-0.05, 0) is 25.1 Å². The summed E-state index contributed by atoms with van der Waals surface area (Å²) in [5.41, 5.74) is 1.07. The van der Waals surface area contributed by atoms with E-state index in [-0.39, 0.29) is 6.04 Å². The van der Waals surface area contributed by atoms with Gasteiger partial charge in [-0.1, -0.05) is 6.07 Å². The Morgan fingerprint density at radius 1 is 1.75 bits per heavy atom. The largest absolute Gasteiger partial charge is 0.311 e. The molecule has 3 nitrogen and oxygen atoms in total. The van der Waals surface area contributed by atoms with Crippen LogP contribution in [0, 0.1) is 0 Å². The zero-order chi connectivity index (χ0) is 8.81. The lowest BCUT2D eigenvalue weighted by molar-refractivity contribution is -0.109. The summed E-state index contributed by atoms with van der Waals surface area (Å²) >= 11 is 0. The van der Waals surface area contributed by atoms with Gasteiger partial charge in [-0.3, -0.25) is 4.98 Å². The number of aldehydes is 1. The molecule has 0 fully saturated rings. The maximum Gasteiger partial charge on any atom is 0.137 e. The molecule has 12 heavy (non-hydrogen) atoms. The number of pyridine rings is 1. The molecule has 0 aliphatic carbocycles. The molecule has 1 aromatic rings. The van der Waals surface area contributed by atoms with Gasteiger partial charge in [0.25, 0.3) is 0 Å². The third kappa shape index (κ3) is 2.43. The molecule has 0 radical (unpaired) electrons. The van der Waals surface area contributed by atoms with Crippen LogP contribution in [0.4, 0.5) is 0 Å². The van der Waals surface area contributed by atoms with E-state index in [2.05, 4.69) is 10.3 Å². The van der Waals surface area contributed by atoms with Gasteiger partial charge in [-0.15, -0.1) is 0 Å². The van der Waals surface area contributed by atoms with Crippen molar-refractivity contribution < 1.29 is 4.79 Å². The first-order valence-electron chi connectivity index (χ1n) is 3.88. The Labute approximate surface area is 71.8 Å².